The van der Waals surface area contributed by atoms with Crippen LogP contribution in [0.15, 0.2) is 36.4 Å². The lowest BCUT2D eigenvalue weighted by molar-refractivity contribution is -0.385. The van der Waals surface area contributed by atoms with Crippen LogP contribution >= 0.6 is 23.2 Å². The molecule has 0 aliphatic carbocycles. The number of hydrogen-bond donors (Lipinski definition) is 1. The third-order valence-electron chi connectivity index (χ3n) is 2.59. The molecule has 1 N–H and O–H groups in total. The summed E-state index contributed by atoms with van der Waals surface area (Å²) in [5.74, 6) is -0.200. The van der Waals surface area contributed by atoms with E-state index in [2.05, 4.69) is 0 Å². The van der Waals surface area contributed by atoms with Crippen LogP contribution < -0.4 is 4.74 Å². The first-order chi connectivity index (χ1) is 9.49. The molecule has 0 amide bonds. The summed E-state index contributed by atoms with van der Waals surface area (Å²) in [6, 6.07) is 8.52. The number of phenols is 1. The maximum absolute atomic E-state index is 10.7. The van der Waals surface area contributed by atoms with E-state index in [0.717, 1.165) is 6.07 Å². The second-order valence-electron chi connectivity index (χ2n) is 3.90. The molecule has 0 spiro atoms. The van der Waals surface area contributed by atoms with Gasteiger partial charge < -0.3 is 9.84 Å². The topological polar surface area (TPSA) is 72.6 Å². The standard InChI is InChI=1S/C13H9Cl2NO4/c14-10-2-1-3-11(15)9(10)7-20-13-6-8(16(18)19)4-5-12(13)17/h1-6,17H,7H2. The van der Waals surface area contributed by atoms with Crippen LogP contribution in [-0.4, -0.2) is 10.0 Å². The smallest absolute Gasteiger partial charge is 0.273 e. The van der Waals surface area contributed by atoms with Gasteiger partial charge in [-0.25, -0.2) is 0 Å². The summed E-state index contributed by atoms with van der Waals surface area (Å²) >= 11 is 12.0. The number of nitro benzene ring substituents is 1. The van der Waals surface area contributed by atoms with Crippen molar-refractivity contribution in [3.05, 3.63) is 62.1 Å². The molecule has 5 nitrogen and oxygen atoms in total. The molecule has 0 atom stereocenters. The number of ether oxygens (including phenoxy) is 1. The highest BCUT2D eigenvalue weighted by atomic mass is 35.5. The number of benzene rings is 2. The zero-order chi connectivity index (χ0) is 14.7. The van der Waals surface area contributed by atoms with Crippen LogP contribution in [0.1, 0.15) is 5.56 Å². The van der Waals surface area contributed by atoms with Crippen LogP contribution in [-0.2, 0) is 6.61 Å². The monoisotopic (exact) mass is 313 g/mol. The van der Waals surface area contributed by atoms with Crippen LogP contribution in [0.25, 0.3) is 0 Å². The minimum absolute atomic E-state index is 0.00446. The SMILES string of the molecule is O=[N+]([O-])c1ccc(O)c(OCc2c(Cl)cccc2Cl)c1. The number of halogens is 2. The lowest BCUT2D eigenvalue weighted by Crippen LogP contribution is -1.98. The molecule has 2 aromatic carbocycles. The van der Waals surface area contributed by atoms with E-state index in [9.17, 15) is 15.2 Å². The zero-order valence-corrected chi connectivity index (χ0v) is 11.6. The first-order valence-electron chi connectivity index (χ1n) is 5.52. The fourth-order valence-corrected chi connectivity index (χ4v) is 2.06. The van der Waals surface area contributed by atoms with Gasteiger partial charge in [0.05, 0.1) is 11.0 Å². The Balaban J connectivity index is 2.23. The molecule has 0 aromatic heterocycles. The van der Waals surface area contributed by atoms with E-state index in [1.165, 1.54) is 12.1 Å². The van der Waals surface area contributed by atoms with Gasteiger partial charge in [0.2, 0.25) is 0 Å². The van der Waals surface area contributed by atoms with Gasteiger partial charge in [-0.15, -0.1) is 0 Å². The van der Waals surface area contributed by atoms with Gasteiger partial charge in [0.15, 0.2) is 11.5 Å². The van der Waals surface area contributed by atoms with Gasteiger partial charge in [-0.05, 0) is 18.2 Å². The lowest BCUT2D eigenvalue weighted by Gasteiger charge is -2.10. The van der Waals surface area contributed by atoms with Crippen LogP contribution in [0, 0.1) is 10.1 Å². The predicted octanol–water partition coefficient (Wildman–Crippen LogP) is 4.19. The number of hydrogen-bond acceptors (Lipinski definition) is 4. The van der Waals surface area contributed by atoms with Crippen molar-refractivity contribution in [3.8, 4) is 11.5 Å². The highest BCUT2D eigenvalue weighted by Crippen LogP contribution is 2.32. The van der Waals surface area contributed by atoms with E-state index in [0.29, 0.717) is 15.6 Å². The number of nitrogens with zero attached hydrogens (tertiary/aromatic N) is 1. The van der Waals surface area contributed by atoms with Gasteiger partial charge in [0.25, 0.3) is 5.69 Å². The Kier molecular flexibility index (Phi) is 4.32. The second kappa shape index (κ2) is 5.98. The predicted molar refractivity (Wildman–Crippen MR) is 75.6 cm³/mol. The number of nitro groups is 1. The number of rotatable bonds is 4. The summed E-state index contributed by atoms with van der Waals surface area (Å²) in [6.45, 7) is -0.00671. The van der Waals surface area contributed by atoms with Crippen molar-refractivity contribution in [2.75, 3.05) is 0 Å². The average molecular weight is 314 g/mol. The third kappa shape index (κ3) is 3.12. The fraction of sp³-hybridized carbons (Fsp3) is 0.0769. The first-order valence-corrected chi connectivity index (χ1v) is 6.27. The summed E-state index contributed by atoms with van der Waals surface area (Å²) in [7, 11) is 0. The van der Waals surface area contributed by atoms with Gasteiger partial charge in [-0.1, -0.05) is 29.3 Å². The minimum Gasteiger partial charge on any atom is -0.504 e. The van der Waals surface area contributed by atoms with Gasteiger partial charge in [-0.3, -0.25) is 10.1 Å². The molecular formula is C13H9Cl2NO4. The maximum Gasteiger partial charge on any atom is 0.273 e. The van der Waals surface area contributed by atoms with Gasteiger partial charge >= 0.3 is 0 Å². The molecule has 0 saturated carbocycles. The summed E-state index contributed by atoms with van der Waals surface area (Å²) in [5.41, 5.74) is 0.366. The largest absolute Gasteiger partial charge is 0.504 e. The fourth-order valence-electron chi connectivity index (χ4n) is 1.55. The Labute approximate surface area is 124 Å². The number of phenolic OH excluding ortho intramolecular Hbond substituents is 1. The molecule has 20 heavy (non-hydrogen) atoms. The lowest BCUT2D eigenvalue weighted by atomic mass is 10.2. The summed E-state index contributed by atoms with van der Waals surface area (Å²) in [6.07, 6.45) is 0. The number of non-ortho nitro benzene ring substituents is 1. The van der Waals surface area contributed by atoms with E-state index in [4.69, 9.17) is 27.9 Å². The Hall–Kier alpha value is -1.98. The average Bonchev–Trinajstić information content (AvgIpc) is 2.39. The number of aromatic hydroxyl groups is 1. The Morgan fingerprint density at radius 3 is 2.45 bits per heavy atom. The second-order valence-corrected chi connectivity index (χ2v) is 4.71. The molecule has 0 unspecified atom stereocenters. The third-order valence-corrected chi connectivity index (χ3v) is 3.30. The normalized spacial score (nSPS) is 10.3. The van der Waals surface area contributed by atoms with Crippen LogP contribution in [0.2, 0.25) is 10.0 Å². The highest BCUT2D eigenvalue weighted by molar-refractivity contribution is 6.35. The molecule has 2 aromatic rings. The Morgan fingerprint density at radius 1 is 1.20 bits per heavy atom. The molecule has 0 aliphatic heterocycles. The molecule has 7 heteroatoms. The quantitative estimate of drug-likeness (QED) is 0.678. The molecule has 0 aliphatic rings. The van der Waals surface area contributed by atoms with E-state index in [-0.39, 0.29) is 23.8 Å². The summed E-state index contributed by atoms with van der Waals surface area (Å²) < 4.78 is 5.35. The molecule has 0 heterocycles. The first kappa shape index (κ1) is 14.4. The Morgan fingerprint density at radius 2 is 1.85 bits per heavy atom. The van der Waals surface area contributed by atoms with Crippen LogP contribution in [0.3, 0.4) is 0 Å². The van der Waals surface area contributed by atoms with Gasteiger partial charge in [-0.2, -0.15) is 0 Å². The van der Waals surface area contributed by atoms with Crippen molar-refractivity contribution in [2.24, 2.45) is 0 Å². The van der Waals surface area contributed by atoms with Gasteiger partial charge in [0, 0.05) is 21.7 Å². The maximum atomic E-state index is 10.7. The molecule has 0 radical (unpaired) electrons. The van der Waals surface area contributed by atoms with E-state index < -0.39 is 4.92 Å². The van der Waals surface area contributed by atoms with Crippen molar-refractivity contribution in [3.63, 3.8) is 0 Å². The highest BCUT2D eigenvalue weighted by Gasteiger charge is 2.13. The van der Waals surface area contributed by atoms with Crippen molar-refractivity contribution >= 4 is 28.9 Å². The molecular weight excluding hydrogens is 305 g/mol. The van der Waals surface area contributed by atoms with Crippen molar-refractivity contribution in [2.45, 2.75) is 6.61 Å². The molecule has 0 saturated heterocycles. The zero-order valence-electron chi connectivity index (χ0n) is 10.0. The van der Waals surface area contributed by atoms with E-state index >= 15 is 0 Å². The van der Waals surface area contributed by atoms with E-state index in [1.807, 2.05) is 0 Å². The summed E-state index contributed by atoms with van der Waals surface area (Å²) in [4.78, 5) is 10.1. The van der Waals surface area contributed by atoms with Crippen molar-refractivity contribution in [1.29, 1.82) is 0 Å². The molecule has 104 valence electrons. The minimum atomic E-state index is -0.575. The van der Waals surface area contributed by atoms with Crippen LogP contribution in [0.4, 0.5) is 5.69 Å². The molecule has 0 fully saturated rings. The molecule has 2 rings (SSSR count). The van der Waals surface area contributed by atoms with Crippen molar-refractivity contribution < 1.29 is 14.8 Å². The van der Waals surface area contributed by atoms with Crippen LogP contribution in [0.5, 0.6) is 11.5 Å². The summed E-state index contributed by atoms with van der Waals surface area (Å²) in [5, 5.41) is 21.1. The Bertz CT molecular complexity index is 641. The van der Waals surface area contributed by atoms with Crippen molar-refractivity contribution in [1.82, 2.24) is 0 Å². The van der Waals surface area contributed by atoms with Gasteiger partial charge in [0.1, 0.15) is 6.61 Å². The van der Waals surface area contributed by atoms with E-state index in [1.54, 1.807) is 18.2 Å². The molecule has 0 bridgehead atoms.